The van der Waals surface area contributed by atoms with E-state index in [0.29, 0.717) is 0 Å². The first-order chi connectivity index (χ1) is 9.74. The summed E-state index contributed by atoms with van der Waals surface area (Å²) >= 11 is 0. The van der Waals surface area contributed by atoms with Crippen molar-refractivity contribution in [1.29, 1.82) is 0 Å². The Balaban J connectivity index is 1.90. The van der Waals surface area contributed by atoms with Crippen LogP contribution >= 0.6 is 0 Å². The molecule has 0 saturated carbocycles. The zero-order chi connectivity index (χ0) is 13.9. The molecule has 0 spiro atoms. The standard InChI is InChI=1S/C17H17N3/c1-13(18)14-7-9-17(10-8-14)20-12-16(11-19-20)15-5-3-2-4-6-15/h2-13H,18H2,1H3/t13-/m1/s1. The van der Waals surface area contributed by atoms with Crippen molar-refractivity contribution in [3.63, 3.8) is 0 Å². The zero-order valence-corrected chi connectivity index (χ0v) is 11.4. The van der Waals surface area contributed by atoms with Gasteiger partial charge >= 0.3 is 0 Å². The molecule has 1 heterocycles. The van der Waals surface area contributed by atoms with Gasteiger partial charge in [-0.1, -0.05) is 42.5 Å². The van der Waals surface area contributed by atoms with E-state index in [1.807, 2.05) is 66.5 Å². The average molecular weight is 263 g/mol. The summed E-state index contributed by atoms with van der Waals surface area (Å²) in [4.78, 5) is 0. The molecule has 2 aromatic carbocycles. The molecule has 1 atom stereocenters. The van der Waals surface area contributed by atoms with E-state index in [1.54, 1.807) is 0 Å². The van der Waals surface area contributed by atoms with Crippen molar-refractivity contribution in [2.24, 2.45) is 5.73 Å². The molecule has 3 heteroatoms. The Bertz CT molecular complexity index is 682. The molecule has 0 fully saturated rings. The molecule has 3 rings (SSSR count). The third-order valence-corrected chi connectivity index (χ3v) is 3.37. The number of rotatable bonds is 3. The molecule has 0 amide bonds. The fourth-order valence-electron chi connectivity index (χ4n) is 2.17. The van der Waals surface area contributed by atoms with Crippen molar-refractivity contribution in [2.75, 3.05) is 0 Å². The molecular formula is C17H17N3. The molecule has 0 aliphatic rings. The number of aromatic nitrogens is 2. The van der Waals surface area contributed by atoms with E-state index in [9.17, 15) is 0 Å². The quantitative estimate of drug-likeness (QED) is 0.785. The normalized spacial score (nSPS) is 12.3. The minimum Gasteiger partial charge on any atom is -0.324 e. The lowest BCUT2D eigenvalue weighted by Crippen LogP contribution is -2.05. The first kappa shape index (κ1) is 12.6. The Hall–Kier alpha value is -2.39. The van der Waals surface area contributed by atoms with Gasteiger partial charge < -0.3 is 5.73 Å². The van der Waals surface area contributed by atoms with Crippen molar-refractivity contribution < 1.29 is 0 Å². The maximum Gasteiger partial charge on any atom is 0.0646 e. The minimum absolute atomic E-state index is 0.0570. The van der Waals surface area contributed by atoms with Gasteiger partial charge in [0, 0.05) is 17.8 Å². The second-order valence-electron chi connectivity index (χ2n) is 4.92. The largest absolute Gasteiger partial charge is 0.324 e. The molecule has 0 bridgehead atoms. The van der Waals surface area contributed by atoms with Gasteiger partial charge in [-0.05, 0) is 30.2 Å². The Morgan fingerprint density at radius 1 is 0.950 bits per heavy atom. The van der Waals surface area contributed by atoms with Crippen LogP contribution in [0.1, 0.15) is 18.5 Å². The van der Waals surface area contributed by atoms with Crippen LogP contribution in [0.25, 0.3) is 16.8 Å². The second-order valence-corrected chi connectivity index (χ2v) is 4.92. The molecule has 100 valence electrons. The van der Waals surface area contributed by atoms with E-state index in [2.05, 4.69) is 17.2 Å². The Morgan fingerprint density at radius 2 is 1.65 bits per heavy atom. The number of nitrogens with zero attached hydrogens (tertiary/aromatic N) is 2. The highest BCUT2D eigenvalue weighted by Crippen LogP contribution is 2.20. The van der Waals surface area contributed by atoms with E-state index >= 15 is 0 Å². The van der Waals surface area contributed by atoms with Crippen LogP contribution in [0.4, 0.5) is 0 Å². The Labute approximate surface area is 118 Å². The molecular weight excluding hydrogens is 246 g/mol. The molecule has 1 aromatic heterocycles. The van der Waals surface area contributed by atoms with Crippen molar-refractivity contribution in [1.82, 2.24) is 9.78 Å². The van der Waals surface area contributed by atoms with E-state index < -0.39 is 0 Å². The summed E-state index contributed by atoms with van der Waals surface area (Å²) in [6.45, 7) is 1.98. The van der Waals surface area contributed by atoms with Crippen molar-refractivity contribution in [3.05, 3.63) is 72.6 Å². The number of nitrogens with two attached hydrogens (primary N) is 1. The fraction of sp³-hybridized carbons (Fsp3) is 0.118. The lowest BCUT2D eigenvalue weighted by Gasteiger charge is -2.06. The number of benzene rings is 2. The molecule has 0 radical (unpaired) electrons. The first-order valence-electron chi connectivity index (χ1n) is 6.70. The van der Waals surface area contributed by atoms with Crippen LogP contribution < -0.4 is 5.73 Å². The third-order valence-electron chi connectivity index (χ3n) is 3.37. The SMILES string of the molecule is C[C@@H](N)c1ccc(-n2cc(-c3ccccc3)cn2)cc1. The summed E-state index contributed by atoms with van der Waals surface area (Å²) in [6.07, 6.45) is 3.92. The average Bonchev–Trinajstić information content (AvgIpc) is 2.98. The summed E-state index contributed by atoms with van der Waals surface area (Å²) in [5.74, 6) is 0. The summed E-state index contributed by atoms with van der Waals surface area (Å²) in [5, 5.41) is 4.42. The molecule has 0 aliphatic heterocycles. The Kier molecular flexibility index (Phi) is 3.35. The van der Waals surface area contributed by atoms with Crippen LogP contribution in [-0.2, 0) is 0 Å². The highest BCUT2D eigenvalue weighted by molar-refractivity contribution is 5.62. The van der Waals surface area contributed by atoms with Crippen LogP contribution in [-0.4, -0.2) is 9.78 Å². The van der Waals surface area contributed by atoms with Crippen LogP contribution in [0.3, 0.4) is 0 Å². The van der Waals surface area contributed by atoms with Crippen LogP contribution in [0, 0.1) is 0 Å². The van der Waals surface area contributed by atoms with E-state index in [4.69, 9.17) is 5.73 Å². The zero-order valence-electron chi connectivity index (χ0n) is 11.4. The van der Waals surface area contributed by atoms with Crippen molar-refractivity contribution in [3.8, 4) is 16.8 Å². The number of hydrogen-bond donors (Lipinski definition) is 1. The maximum atomic E-state index is 5.86. The number of hydrogen-bond acceptors (Lipinski definition) is 2. The molecule has 20 heavy (non-hydrogen) atoms. The van der Waals surface area contributed by atoms with Gasteiger partial charge in [0.25, 0.3) is 0 Å². The van der Waals surface area contributed by atoms with Gasteiger partial charge in [0.05, 0.1) is 11.9 Å². The molecule has 0 aliphatic carbocycles. The van der Waals surface area contributed by atoms with Crippen molar-refractivity contribution >= 4 is 0 Å². The highest BCUT2D eigenvalue weighted by atomic mass is 15.3. The summed E-state index contributed by atoms with van der Waals surface area (Å²) < 4.78 is 1.88. The van der Waals surface area contributed by atoms with Gasteiger partial charge in [-0.25, -0.2) is 4.68 Å². The second kappa shape index (κ2) is 5.31. The lowest BCUT2D eigenvalue weighted by atomic mass is 10.1. The smallest absolute Gasteiger partial charge is 0.0646 e. The molecule has 3 aromatic rings. The molecule has 2 N–H and O–H groups in total. The predicted octanol–water partition coefficient (Wildman–Crippen LogP) is 3.56. The van der Waals surface area contributed by atoms with Gasteiger partial charge in [-0.2, -0.15) is 5.10 Å². The van der Waals surface area contributed by atoms with Gasteiger partial charge in [0.1, 0.15) is 0 Å². The first-order valence-corrected chi connectivity index (χ1v) is 6.70. The summed E-state index contributed by atoms with van der Waals surface area (Å²) in [7, 11) is 0. The van der Waals surface area contributed by atoms with Gasteiger partial charge in [0.2, 0.25) is 0 Å². The molecule has 0 saturated heterocycles. The topological polar surface area (TPSA) is 43.8 Å². The molecule has 3 nitrogen and oxygen atoms in total. The van der Waals surface area contributed by atoms with E-state index in [-0.39, 0.29) is 6.04 Å². The Morgan fingerprint density at radius 3 is 2.30 bits per heavy atom. The minimum atomic E-state index is 0.0570. The lowest BCUT2D eigenvalue weighted by molar-refractivity contribution is 0.814. The van der Waals surface area contributed by atoms with Crippen LogP contribution in [0.5, 0.6) is 0 Å². The van der Waals surface area contributed by atoms with Crippen LogP contribution in [0.15, 0.2) is 67.0 Å². The van der Waals surface area contributed by atoms with Crippen molar-refractivity contribution in [2.45, 2.75) is 13.0 Å². The van der Waals surface area contributed by atoms with Gasteiger partial charge in [-0.3, -0.25) is 0 Å². The van der Waals surface area contributed by atoms with E-state index in [0.717, 1.165) is 16.8 Å². The predicted molar refractivity (Wildman–Crippen MR) is 81.6 cm³/mol. The van der Waals surface area contributed by atoms with Gasteiger partial charge in [0.15, 0.2) is 0 Å². The molecule has 0 unspecified atom stereocenters. The summed E-state index contributed by atoms with van der Waals surface area (Å²) in [5.41, 5.74) is 10.3. The van der Waals surface area contributed by atoms with E-state index in [1.165, 1.54) is 5.56 Å². The van der Waals surface area contributed by atoms with Crippen LogP contribution in [0.2, 0.25) is 0 Å². The highest BCUT2D eigenvalue weighted by Gasteiger charge is 2.04. The maximum absolute atomic E-state index is 5.86. The fourth-order valence-corrected chi connectivity index (χ4v) is 2.17. The third kappa shape index (κ3) is 2.49. The van der Waals surface area contributed by atoms with Gasteiger partial charge in [-0.15, -0.1) is 0 Å². The summed E-state index contributed by atoms with van der Waals surface area (Å²) in [6, 6.07) is 18.5. The monoisotopic (exact) mass is 263 g/mol.